The third-order valence-electron chi connectivity index (χ3n) is 5.11. The van der Waals surface area contributed by atoms with Gasteiger partial charge >= 0.3 is 0 Å². The summed E-state index contributed by atoms with van der Waals surface area (Å²) in [5, 5.41) is 16.8. The second kappa shape index (κ2) is 7.53. The number of carbonyl (C=O) groups is 1. The van der Waals surface area contributed by atoms with E-state index >= 15 is 0 Å². The van der Waals surface area contributed by atoms with Crippen LogP contribution in [0.4, 0.5) is 0 Å². The normalized spacial score (nSPS) is 22.1. The molecule has 1 aromatic heterocycles. The van der Waals surface area contributed by atoms with Crippen molar-refractivity contribution in [2.24, 2.45) is 0 Å². The van der Waals surface area contributed by atoms with Crippen molar-refractivity contribution in [2.45, 2.75) is 57.5 Å². The van der Waals surface area contributed by atoms with Crippen LogP contribution < -0.4 is 5.32 Å². The molecule has 1 aliphatic rings. The SMILES string of the molecule is Cc1ccccc1C1(CC(=O)NCCc2nn[nH]n2)CCOC(C)(C)C1. The Hall–Kier alpha value is -2.28. The number of H-pyrrole nitrogens is 1. The lowest BCUT2D eigenvalue weighted by Crippen LogP contribution is -2.47. The lowest BCUT2D eigenvalue weighted by atomic mass is 9.66. The Labute approximate surface area is 153 Å². The molecule has 1 unspecified atom stereocenters. The molecule has 2 heterocycles. The average Bonchev–Trinajstić information content (AvgIpc) is 3.07. The number of hydrogen-bond donors (Lipinski definition) is 2. The summed E-state index contributed by atoms with van der Waals surface area (Å²) in [6, 6.07) is 8.37. The van der Waals surface area contributed by atoms with Crippen molar-refractivity contribution < 1.29 is 9.53 Å². The number of aromatic amines is 1. The number of tetrazole rings is 1. The summed E-state index contributed by atoms with van der Waals surface area (Å²) in [5.74, 6) is 0.653. The molecule has 26 heavy (non-hydrogen) atoms. The number of carbonyl (C=O) groups excluding carboxylic acids is 1. The van der Waals surface area contributed by atoms with Crippen molar-refractivity contribution in [1.82, 2.24) is 25.9 Å². The van der Waals surface area contributed by atoms with Gasteiger partial charge in [0.25, 0.3) is 0 Å². The van der Waals surface area contributed by atoms with Crippen molar-refractivity contribution in [3.63, 3.8) is 0 Å². The molecule has 1 atom stereocenters. The summed E-state index contributed by atoms with van der Waals surface area (Å²) in [6.07, 6.45) is 2.69. The maximum absolute atomic E-state index is 12.7. The molecular formula is C19H27N5O2. The van der Waals surface area contributed by atoms with Crippen molar-refractivity contribution in [3.05, 3.63) is 41.2 Å². The maximum Gasteiger partial charge on any atom is 0.220 e. The molecule has 0 radical (unpaired) electrons. The number of amides is 1. The van der Waals surface area contributed by atoms with E-state index in [9.17, 15) is 4.79 Å². The van der Waals surface area contributed by atoms with Crippen LogP contribution in [0.1, 0.15) is 50.1 Å². The molecule has 1 fully saturated rings. The average molecular weight is 357 g/mol. The molecule has 3 rings (SSSR count). The maximum atomic E-state index is 12.7. The molecule has 140 valence electrons. The second-order valence-electron chi connectivity index (χ2n) is 7.73. The van der Waals surface area contributed by atoms with E-state index in [0.29, 0.717) is 31.8 Å². The predicted octanol–water partition coefficient (Wildman–Crippen LogP) is 2.08. The van der Waals surface area contributed by atoms with E-state index < -0.39 is 0 Å². The highest BCUT2D eigenvalue weighted by atomic mass is 16.5. The summed E-state index contributed by atoms with van der Waals surface area (Å²) >= 11 is 0. The molecule has 7 nitrogen and oxygen atoms in total. The quantitative estimate of drug-likeness (QED) is 0.826. The van der Waals surface area contributed by atoms with Crippen LogP contribution in [0.5, 0.6) is 0 Å². The summed E-state index contributed by atoms with van der Waals surface area (Å²) in [7, 11) is 0. The van der Waals surface area contributed by atoms with Gasteiger partial charge in [-0.3, -0.25) is 4.79 Å². The van der Waals surface area contributed by atoms with E-state index in [1.54, 1.807) is 0 Å². The zero-order chi connectivity index (χ0) is 18.6. The molecule has 0 aliphatic carbocycles. The van der Waals surface area contributed by atoms with E-state index in [4.69, 9.17) is 4.74 Å². The van der Waals surface area contributed by atoms with Crippen LogP contribution in [-0.2, 0) is 21.4 Å². The largest absolute Gasteiger partial charge is 0.376 e. The first-order valence-electron chi connectivity index (χ1n) is 9.09. The lowest BCUT2D eigenvalue weighted by Gasteiger charge is -2.45. The summed E-state index contributed by atoms with van der Waals surface area (Å²) < 4.78 is 5.93. The van der Waals surface area contributed by atoms with E-state index in [2.05, 4.69) is 64.9 Å². The highest BCUT2D eigenvalue weighted by Gasteiger charge is 2.44. The van der Waals surface area contributed by atoms with Gasteiger partial charge in [-0.25, -0.2) is 0 Å². The Morgan fingerprint density at radius 1 is 1.35 bits per heavy atom. The van der Waals surface area contributed by atoms with Gasteiger partial charge in [0.1, 0.15) is 0 Å². The third-order valence-corrected chi connectivity index (χ3v) is 5.11. The second-order valence-corrected chi connectivity index (χ2v) is 7.73. The van der Waals surface area contributed by atoms with E-state index in [0.717, 1.165) is 12.8 Å². The van der Waals surface area contributed by atoms with Crippen LogP contribution in [0.3, 0.4) is 0 Å². The van der Waals surface area contributed by atoms with Crippen LogP contribution in [-0.4, -0.2) is 45.3 Å². The van der Waals surface area contributed by atoms with Crippen LogP contribution in [0.15, 0.2) is 24.3 Å². The van der Waals surface area contributed by atoms with Gasteiger partial charge in [-0.2, -0.15) is 5.21 Å². The molecule has 2 aromatic rings. The molecule has 1 saturated heterocycles. The fourth-order valence-electron chi connectivity index (χ4n) is 4.09. The number of benzene rings is 1. The minimum Gasteiger partial charge on any atom is -0.376 e. The number of aryl methyl sites for hydroxylation is 1. The molecule has 0 saturated carbocycles. The minimum absolute atomic E-state index is 0.0504. The first-order valence-corrected chi connectivity index (χ1v) is 9.09. The third kappa shape index (κ3) is 4.27. The monoisotopic (exact) mass is 357 g/mol. The molecule has 0 bridgehead atoms. The Bertz CT molecular complexity index is 744. The predicted molar refractivity (Wildman–Crippen MR) is 97.6 cm³/mol. The molecule has 1 aliphatic heterocycles. The van der Waals surface area contributed by atoms with Crippen LogP contribution >= 0.6 is 0 Å². The smallest absolute Gasteiger partial charge is 0.220 e. The van der Waals surface area contributed by atoms with Gasteiger partial charge in [0, 0.05) is 31.4 Å². The number of nitrogens with one attached hydrogen (secondary N) is 2. The Kier molecular flexibility index (Phi) is 5.36. The topological polar surface area (TPSA) is 92.8 Å². The minimum atomic E-state index is -0.245. The summed E-state index contributed by atoms with van der Waals surface area (Å²) in [5.41, 5.74) is 2.03. The van der Waals surface area contributed by atoms with Gasteiger partial charge < -0.3 is 10.1 Å². The summed E-state index contributed by atoms with van der Waals surface area (Å²) in [4.78, 5) is 12.7. The zero-order valence-corrected chi connectivity index (χ0v) is 15.7. The first-order chi connectivity index (χ1) is 12.4. The number of aromatic nitrogens is 4. The van der Waals surface area contributed by atoms with Gasteiger partial charge in [0.15, 0.2) is 5.82 Å². The molecule has 1 amide bonds. The Morgan fingerprint density at radius 2 is 2.15 bits per heavy atom. The Balaban J connectivity index is 1.73. The van der Waals surface area contributed by atoms with Crippen molar-refractivity contribution in [2.75, 3.05) is 13.2 Å². The number of hydrogen-bond acceptors (Lipinski definition) is 5. The summed E-state index contributed by atoms with van der Waals surface area (Å²) in [6.45, 7) is 7.49. The van der Waals surface area contributed by atoms with Crippen molar-refractivity contribution in [1.29, 1.82) is 0 Å². The lowest BCUT2D eigenvalue weighted by molar-refractivity contribution is -0.126. The van der Waals surface area contributed by atoms with Crippen molar-refractivity contribution >= 4 is 5.91 Å². The van der Waals surface area contributed by atoms with Crippen molar-refractivity contribution in [3.8, 4) is 0 Å². The highest BCUT2D eigenvalue weighted by Crippen LogP contribution is 2.45. The molecule has 7 heteroatoms. The van der Waals surface area contributed by atoms with Gasteiger partial charge in [0.05, 0.1) is 5.60 Å². The molecule has 0 spiro atoms. The number of nitrogens with zero attached hydrogens (tertiary/aromatic N) is 3. The molecular weight excluding hydrogens is 330 g/mol. The van der Waals surface area contributed by atoms with Gasteiger partial charge in [-0.1, -0.05) is 29.5 Å². The van der Waals surface area contributed by atoms with Crippen LogP contribution in [0.2, 0.25) is 0 Å². The molecule has 2 N–H and O–H groups in total. The van der Waals surface area contributed by atoms with Crippen LogP contribution in [0.25, 0.3) is 0 Å². The van der Waals surface area contributed by atoms with Gasteiger partial charge in [0.2, 0.25) is 5.91 Å². The number of rotatable bonds is 6. The van der Waals surface area contributed by atoms with E-state index in [1.165, 1.54) is 11.1 Å². The van der Waals surface area contributed by atoms with Gasteiger partial charge in [-0.05, 0) is 44.7 Å². The van der Waals surface area contributed by atoms with Gasteiger partial charge in [-0.15, -0.1) is 10.2 Å². The fraction of sp³-hybridized carbons (Fsp3) is 0.579. The first kappa shape index (κ1) is 18.5. The van der Waals surface area contributed by atoms with E-state index in [-0.39, 0.29) is 16.9 Å². The zero-order valence-electron chi connectivity index (χ0n) is 15.7. The highest BCUT2D eigenvalue weighted by molar-refractivity contribution is 5.77. The van der Waals surface area contributed by atoms with Crippen LogP contribution in [0, 0.1) is 6.92 Å². The number of ether oxygens (including phenoxy) is 1. The van der Waals surface area contributed by atoms with E-state index in [1.807, 2.05) is 6.07 Å². The molecule has 1 aromatic carbocycles. The fourth-order valence-corrected chi connectivity index (χ4v) is 4.09. The Morgan fingerprint density at radius 3 is 2.85 bits per heavy atom. The standard InChI is InChI=1S/C19H27N5O2/c1-14-6-4-5-7-15(14)19(9-11-26-18(2,3)13-19)12-17(25)20-10-8-16-21-23-24-22-16/h4-7H,8-13H2,1-3H3,(H,20,25)(H,21,22,23,24).